The van der Waals surface area contributed by atoms with Gasteiger partial charge in [0.05, 0.1) is 0 Å². The molecule has 1 aliphatic rings. The van der Waals surface area contributed by atoms with Gasteiger partial charge in [-0.3, -0.25) is 4.90 Å². The number of hydrogen-bond donors (Lipinski definition) is 0. The first-order chi connectivity index (χ1) is 12.2. The van der Waals surface area contributed by atoms with Crippen molar-refractivity contribution in [3.05, 3.63) is 48.5 Å². The van der Waals surface area contributed by atoms with E-state index in [2.05, 4.69) is 52.9 Å². The van der Waals surface area contributed by atoms with Crippen molar-refractivity contribution in [1.82, 2.24) is 9.88 Å². The molecule has 0 bridgehead atoms. The molecule has 0 saturated carbocycles. The molecule has 3 aromatic rings. The van der Waals surface area contributed by atoms with Gasteiger partial charge in [0.25, 0.3) is 0 Å². The van der Waals surface area contributed by atoms with Crippen LogP contribution in [0.3, 0.4) is 0 Å². The van der Waals surface area contributed by atoms with Crippen molar-refractivity contribution in [3.63, 3.8) is 0 Å². The monoisotopic (exact) mass is 335 g/mol. The Morgan fingerprint density at radius 3 is 2.36 bits per heavy atom. The third kappa shape index (κ3) is 3.54. The number of oxazole rings is 1. The first kappa shape index (κ1) is 16.2. The Kier molecular flexibility index (Phi) is 4.45. The van der Waals surface area contributed by atoms with E-state index in [0.29, 0.717) is 5.89 Å². The Labute approximate surface area is 149 Å². The lowest BCUT2D eigenvalue weighted by atomic mass is 10.1. The summed E-state index contributed by atoms with van der Waals surface area (Å²) < 4.78 is 5.86. The highest BCUT2D eigenvalue weighted by atomic mass is 16.3. The Hall–Kier alpha value is -2.33. The molecule has 2 heterocycles. The minimum atomic E-state index is 0.689. The summed E-state index contributed by atoms with van der Waals surface area (Å²) >= 11 is 0. The highest BCUT2D eigenvalue weighted by Crippen LogP contribution is 2.26. The number of benzene rings is 2. The molecule has 4 nitrogen and oxygen atoms in total. The second-order valence-corrected chi connectivity index (χ2v) is 7.22. The quantitative estimate of drug-likeness (QED) is 0.713. The molecule has 130 valence electrons. The van der Waals surface area contributed by atoms with Gasteiger partial charge in [-0.1, -0.05) is 26.0 Å². The molecule has 1 saturated heterocycles. The number of fused-ring (bicyclic) bond motifs is 1. The second kappa shape index (κ2) is 6.89. The van der Waals surface area contributed by atoms with E-state index in [-0.39, 0.29) is 0 Å². The fourth-order valence-corrected chi connectivity index (χ4v) is 3.52. The molecule has 0 amide bonds. The zero-order valence-corrected chi connectivity index (χ0v) is 15.0. The third-order valence-electron chi connectivity index (χ3n) is 4.77. The number of para-hydroxylation sites is 2. The second-order valence-electron chi connectivity index (χ2n) is 7.22. The van der Waals surface area contributed by atoms with Crippen LogP contribution in [0.15, 0.2) is 52.9 Å². The lowest BCUT2D eigenvalue weighted by Gasteiger charge is -2.36. The zero-order valence-electron chi connectivity index (χ0n) is 15.0. The van der Waals surface area contributed by atoms with Crippen LogP contribution in [0.25, 0.3) is 22.6 Å². The van der Waals surface area contributed by atoms with Gasteiger partial charge in [-0.05, 0) is 42.3 Å². The third-order valence-corrected chi connectivity index (χ3v) is 4.77. The standard InChI is InChI=1S/C21H25N3O/c1-16(2)15-23-11-13-24(14-12-23)18-9-7-17(8-10-18)21-22-19-5-3-4-6-20(19)25-21/h3-10,16H,11-15H2,1-2H3. The summed E-state index contributed by atoms with van der Waals surface area (Å²) in [5.74, 6) is 1.43. The van der Waals surface area contributed by atoms with Gasteiger partial charge in [0.1, 0.15) is 5.52 Å². The number of nitrogens with zero attached hydrogens (tertiary/aromatic N) is 3. The molecule has 0 unspecified atom stereocenters. The average Bonchev–Trinajstić information content (AvgIpc) is 3.06. The van der Waals surface area contributed by atoms with Crippen LogP contribution in [0, 0.1) is 5.92 Å². The highest BCUT2D eigenvalue weighted by Gasteiger charge is 2.18. The van der Waals surface area contributed by atoms with Crippen molar-refractivity contribution in [2.24, 2.45) is 5.92 Å². The molecule has 0 atom stereocenters. The molecule has 4 heteroatoms. The maximum Gasteiger partial charge on any atom is 0.227 e. The Morgan fingerprint density at radius 1 is 0.960 bits per heavy atom. The van der Waals surface area contributed by atoms with Crippen molar-refractivity contribution in [2.75, 3.05) is 37.6 Å². The molecule has 0 aliphatic carbocycles. The van der Waals surface area contributed by atoms with Gasteiger partial charge in [-0.2, -0.15) is 0 Å². The van der Waals surface area contributed by atoms with E-state index in [1.165, 1.54) is 12.2 Å². The molecule has 0 radical (unpaired) electrons. The summed E-state index contributed by atoms with van der Waals surface area (Å²) in [6.45, 7) is 10.2. The first-order valence-corrected chi connectivity index (χ1v) is 9.12. The summed E-state index contributed by atoms with van der Waals surface area (Å²) in [6.07, 6.45) is 0. The fourth-order valence-electron chi connectivity index (χ4n) is 3.52. The number of hydrogen-bond acceptors (Lipinski definition) is 4. The first-order valence-electron chi connectivity index (χ1n) is 9.12. The molecule has 0 N–H and O–H groups in total. The predicted octanol–water partition coefficient (Wildman–Crippen LogP) is 4.27. The van der Waals surface area contributed by atoms with E-state index in [1.54, 1.807) is 0 Å². The molecule has 1 fully saturated rings. The minimum absolute atomic E-state index is 0.689. The van der Waals surface area contributed by atoms with Crippen LogP contribution < -0.4 is 4.90 Å². The van der Waals surface area contributed by atoms with Gasteiger partial charge in [0.2, 0.25) is 5.89 Å². The van der Waals surface area contributed by atoms with E-state index >= 15 is 0 Å². The Balaban J connectivity index is 1.45. The van der Waals surface area contributed by atoms with Crippen molar-refractivity contribution in [3.8, 4) is 11.5 Å². The van der Waals surface area contributed by atoms with Crippen molar-refractivity contribution < 1.29 is 4.42 Å². The van der Waals surface area contributed by atoms with Crippen LogP contribution in [0.5, 0.6) is 0 Å². The number of rotatable bonds is 4. The van der Waals surface area contributed by atoms with E-state index in [1.807, 2.05) is 24.3 Å². The summed E-state index contributed by atoms with van der Waals surface area (Å²) in [6, 6.07) is 16.5. The zero-order chi connectivity index (χ0) is 17.2. The number of piperazine rings is 1. The van der Waals surface area contributed by atoms with E-state index in [4.69, 9.17) is 4.42 Å². The van der Waals surface area contributed by atoms with Crippen LogP contribution in [-0.4, -0.2) is 42.6 Å². The Bertz CT molecular complexity index is 797. The van der Waals surface area contributed by atoms with Crippen molar-refractivity contribution in [1.29, 1.82) is 0 Å². The molecular formula is C21H25N3O. The van der Waals surface area contributed by atoms with Gasteiger partial charge >= 0.3 is 0 Å². The maximum absolute atomic E-state index is 5.86. The summed E-state index contributed by atoms with van der Waals surface area (Å²) in [5, 5.41) is 0. The van der Waals surface area contributed by atoms with Crippen LogP contribution in [0.1, 0.15) is 13.8 Å². The van der Waals surface area contributed by atoms with Gasteiger partial charge < -0.3 is 9.32 Å². The van der Waals surface area contributed by atoms with Crippen LogP contribution in [0.2, 0.25) is 0 Å². The molecule has 1 aliphatic heterocycles. The minimum Gasteiger partial charge on any atom is -0.436 e. The van der Waals surface area contributed by atoms with E-state index in [0.717, 1.165) is 48.8 Å². The highest BCUT2D eigenvalue weighted by molar-refractivity contribution is 5.76. The normalized spacial score (nSPS) is 16.0. The van der Waals surface area contributed by atoms with Crippen LogP contribution >= 0.6 is 0 Å². The molecule has 25 heavy (non-hydrogen) atoms. The molecule has 2 aromatic carbocycles. The largest absolute Gasteiger partial charge is 0.436 e. The Morgan fingerprint density at radius 2 is 1.68 bits per heavy atom. The molecule has 4 rings (SSSR count). The summed E-state index contributed by atoms with van der Waals surface area (Å²) in [4.78, 5) is 9.60. The van der Waals surface area contributed by atoms with E-state index in [9.17, 15) is 0 Å². The summed E-state index contributed by atoms with van der Waals surface area (Å²) in [7, 11) is 0. The van der Waals surface area contributed by atoms with Gasteiger partial charge in [-0.25, -0.2) is 4.98 Å². The molecule has 1 aromatic heterocycles. The van der Waals surface area contributed by atoms with Gasteiger partial charge in [-0.15, -0.1) is 0 Å². The number of anilines is 1. The van der Waals surface area contributed by atoms with Crippen molar-refractivity contribution in [2.45, 2.75) is 13.8 Å². The van der Waals surface area contributed by atoms with Gasteiger partial charge in [0.15, 0.2) is 5.58 Å². The maximum atomic E-state index is 5.86. The lowest BCUT2D eigenvalue weighted by molar-refractivity contribution is 0.231. The van der Waals surface area contributed by atoms with Crippen LogP contribution in [0.4, 0.5) is 5.69 Å². The lowest BCUT2D eigenvalue weighted by Crippen LogP contribution is -2.47. The molecule has 0 spiro atoms. The van der Waals surface area contributed by atoms with Crippen molar-refractivity contribution >= 4 is 16.8 Å². The summed E-state index contributed by atoms with van der Waals surface area (Å²) in [5.41, 5.74) is 4.05. The number of aromatic nitrogens is 1. The fraction of sp³-hybridized carbons (Fsp3) is 0.381. The van der Waals surface area contributed by atoms with E-state index < -0.39 is 0 Å². The average molecular weight is 335 g/mol. The SMILES string of the molecule is CC(C)CN1CCN(c2ccc(-c3nc4ccccc4o3)cc2)CC1. The van der Waals surface area contributed by atoms with Crippen LogP contribution in [-0.2, 0) is 0 Å². The van der Waals surface area contributed by atoms with Gasteiger partial charge in [0, 0.05) is 44.0 Å². The molecular weight excluding hydrogens is 310 g/mol. The predicted molar refractivity (Wildman–Crippen MR) is 103 cm³/mol. The topological polar surface area (TPSA) is 32.5 Å². The smallest absolute Gasteiger partial charge is 0.227 e.